The molecule has 0 spiro atoms. The topological polar surface area (TPSA) is 88.5 Å². The summed E-state index contributed by atoms with van der Waals surface area (Å²) in [5.41, 5.74) is 2.73. The van der Waals surface area contributed by atoms with Crippen LogP contribution in [0.25, 0.3) is 0 Å². The van der Waals surface area contributed by atoms with E-state index in [2.05, 4.69) is 15.0 Å². The van der Waals surface area contributed by atoms with E-state index < -0.39 is 0 Å². The number of carbonyl (C=O) groups excluding carboxylic acids is 2. The van der Waals surface area contributed by atoms with E-state index in [9.17, 15) is 9.59 Å². The number of aromatic nitrogens is 3. The Balaban J connectivity index is 1.50. The summed E-state index contributed by atoms with van der Waals surface area (Å²) in [5, 5.41) is 3.87. The number of hydrogen-bond donors (Lipinski definition) is 0. The van der Waals surface area contributed by atoms with E-state index in [4.69, 9.17) is 4.74 Å². The van der Waals surface area contributed by atoms with E-state index in [0.29, 0.717) is 26.2 Å². The van der Waals surface area contributed by atoms with Crippen LogP contribution in [0, 0.1) is 20.8 Å². The second-order valence-corrected chi connectivity index (χ2v) is 10.5. The van der Waals surface area contributed by atoms with Crippen molar-refractivity contribution in [3.63, 3.8) is 0 Å². The van der Waals surface area contributed by atoms with Crippen molar-refractivity contribution in [1.82, 2.24) is 24.8 Å². The Morgan fingerprint density at radius 2 is 1.94 bits per heavy atom. The van der Waals surface area contributed by atoms with E-state index in [0.717, 1.165) is 31.8 Å². The van der Waals surface area contributed by atoms with E-state index in [1.54, 1.807) is 33.5 Å². The second-order valence-electron chi connectivity index (χ2n) is 8.11. The minimum atomic E-state index is -0.308. The van der Waals surface area contributed by atoms with Gasteiger partial charge in [0.25, 0.3) is 0 Å². The summed E-state index contributed by atoms with van der Waals surface area (Å²) in [4.78, 5) is 43.6. The van der Waals surface area contributed by atoms with Crippen LogP contribution in [-0.2, 0) is 33.9 Å². The molecule has 0 aliphatic carbocycles. The van der Waals surface area contributed by atoms with Gasteiger partial charge in [-0.25, -0.2) is 9.97 Å². The highest BCUT2D eigenvalue weighted by molar-refractivity contribution is 7.11. The Morgan fingerprint density at radius 3 is 2.61 bits per heavy atom. The Labute approximate surface area is 201 Å². The molecule has 174 valence electrons. The van der Waals surface area contributed by atoms with Crippen LogP contribution in [-0.4, -0.2) is 62.3 Å². The molecule has 1 aliphatic heterocycles. The summed E-state index contributed by atoms with van der Waals surface area (Å²) >= 11 is 3.09. The summed E-state index contributed by atoms with van der Waals surface area (Å²) in [7, 11) is 0. The van der Waals surface area contributed by atoms with Gasteiger partial charge in [0.05, 0.1) is 53.6 Å². The molecule has 3 aromatic rings. The van der Waals surface area contributed by atoms with Gasteiger partial charge in [0.2, 0.25) is 11.8 Å². The molecule has 0 radical (unpaired) electrons. The Bertz CT molecular complexity index is 1110. The van der Waals surface area contributed by atoms with Gasteiger partial charge in [-0.2, -0.15) is 0 Å². The molecule has 1 aliphatic rings. The minimum absolute atomic E-state index is 0.0356. The molecule has 0 aromatic carbocycles. The number of rotatable bonds is 7. The third kappa shape index (κ3) is 6.21. The van der Waals surface area contributed by atoms with Gasteiger partial charge in [0.15, 0.2) is 0 Å². The van der Waals surface area contributed by atoms with Crippen LogP contribution in [0.1, 0.15) is 31.8 Å². The molecule has 4 rings (SSSR count). The number of pyridine rings is 1. The average molecular weight is 486 g/mol. The number of carbonyl (C=O) groups is 2. The molecule has 8 nitrogen and oxygen atoms in total. The van der Waals surface area contributed by atoms with Crippen molar-refractivity contribution in [3.8, 4) is 0 Å². The van der Waals surface area contributed by atoms with Crippen molar-refractivity contribution in [2.45, 2.75) is 46.4 Å². The minimum Gasteiger partial charge on any atom is -0.370 e. The fraction of sp³-hybridized carbons (Fsp3) is 0.435. The maximum absolute atomic E-state index is 13.2. The third-order valence-electron chi connectivity index (χ3n) is 5.45. The molecule has 0 N–H and O–H groups in total. The van der Waals surface area contributed by atoms with Crippen LogP contribution >= 0.6 is 22.7 Å². The summed E-state index contributed by atoms with van der Waals surface area (Å²) in [6.07, 6.45) is 3.38. The van der Waals surface area contributed by atoms with Crippen LogP contribution in [0.3, 0.4) is 0 Å². The summed E-state index contributed by atoms with van der Waals surface area (Å²) in [5.74, 6) is -0.180. The standard InChI is InChI=1S/C23H27N5O3S2/c1-15-21(33-17(3)25-15)8-22(29)28-11-20(31-13-18-4-6-24-7-5-18)10-27(23(30)12-28)9-19-14-32-16(2)26-19/h4-7,14,20H,8-13H2,1-3H3. The van der Waals surface area contributed by atoms with Crippen molar-refractivity contribution in [3.05, 3.63) is 61.8 Å². The maximum atomic E-state index is 13.2. The van der Waals surface area contributed by atoms with Crippen molar-refractivity contribution in [1.29, 1.82) is 0 Å². The quantitative estimate of drug-likeness (QED) is 0.511. The zero-order valence-electron chi connectivity index (χ0n) is 19.0. The predicted octanol–water partition coefficient (Wildman–Crippen LogP) is 2.92. The lowest BCUT2D eigenvalue weighted by molar-refractivity contribution is -0.138. The first kappa shape index (κ1) is 23.5. The molecule has 0 bridgehead atoms. The van der Waals surface area contributed by atoms with Crippen LogP contribution in [0.2, 0.25) is 0 Å². The van der Waals surface area contributed by atoms with Gasteiger partial charge in [-0.1, -0.05) is 0 Å². The van der Waals surface area contributed by atoms with E-state index in [1.165, 1.54) is 11.3 Å². The molecule has 1 fully saturated rings. The van der Waals surface area contributed by atoms with Gasteiger partial charge in [0.1, 0.15) is 0 Å². The molecule has 3 aromatic heterocycles. The highest BCUT2D eigenvalue weighted by Gasteiger charge is 2.31. The summed E-state index contributed by atoms with van der Waals surface area (Å²) < 4.78 is 6.19. The van der Waals surface area contributed by atoms with Gasteiger partial charge >= 0.3 is 0 Å². The van der Waals surface area contributed by atoms with E-state index in [-0.39, 0.29) is 30.9 Å². The normalized spacial score (nSPS) is 16.8. The lowest BCUT2D eigenvalue weighted by atomic mass is 10.2. The summed E-state index contributed by atoms with van der Waals surface area (Å²) in [6, 6.07) is 3.80. The van der Waals surface area contributed by atoms with Crippen LogP contribution < -0.4 is 0 Å². The molecular weight excluding hydrogens is 458 g/mol. The highest BCUT2D eigenvalue weighted by atomic mass is 32.1. The molecule has 4 heterocycles. The predicted molar refractivity (Wildman–Crippen MR) is 127 cm³/mol. The van der Waals surface area contributed by atoms with Crippen molar-refractivity contribution < 1.29 is 14.3 Å². The SMILES string of the molecule is Cc1nc(CN2CC(OCc3ccncc3)CN(C(=O)Cc3sc(C)nc3C)CC2=O)cs1. The van der Waals surface area contributed by atoms with E-state index >= 15 is 0 Å². The Kier molecular flexibility index (Phi) is 7.46. The van der Waals surface area contributed by atoms with Crippen molar-refractivity contribution in [2.75, 3.05) is 19.6 Å². The lowest BCUT2D eigenvalue weighted by Gasteiger charge is -2.24. The second kappa shape index (κ2) is 10.5. The molecule has 10 heteroatoms. The molecule has 1 saturated heterocycles. The van der Waals surface area contributed by atoms with E-state index in [1.807, 2.05) is 38.3 Å². The van der Waals surface area contributed by atoms with Crippen molar-refractivity contribution in [2.24, 2.45) is 0 Å². The first-order valence-electron chi connectivity index (χ1n) is 10.8. The molecule has 1 unspecified atom stereocenters. The molecule has 2 amide bonds. The molecule has 1 atom stereocenters. The van der Waals surface area contributed by atoms with Gasteiger partial charge in [-0.3, -0.25) is 14.6 Å². The smallest absolute Gasteiger partial charge is 0.242 e. The van der Waals surface area contributed by atoms with Crippen molar-refractivity contribution >= 4 is 34.5 Å². The number of hydrogen-bond acceptors (Lipinski definition) is 8. The monoisotopic (exact) mass is 485 g/mol. The number of aryl methyl sites for hydroxylation is 3. The Morgan fingerprint density at radius 1 is 1.15 bits per heavy atom. The van der Waals surface area contributed by atoms with Gasteiger partial charge in [-0.15, -0.1) is 22.7 Å². The Hall–Kier alpha value is -2.69. The molecule has 0 saturated carbocycles. The first-order valence-corrected chi connectivity index (χ1v) is 12.5. The third-order valence-corrected chi connectivity index (χ3v) is 7.34. The number of nitrogens with zero attached hydrogens (tertiary/aromatic N) is 5. The van der Waals surface area contributed by atoms with Crippen LogP contribution in [0.15, 0.2) is 29.9 Å². The zero-order chi connectivity index (χ0) is 23.4. The fourth-order valence-corrected chi connectivity index (χ4v) is 5.32. The first-order chi connectivity index (χ1) is 15.9. The number of amides is 2. The van der Waals surface area contributed by atoms with Gasteiger partial charge in [-0.05, 0) is 38.5 Å². The highest BCUT2D eigenvalue weighted by Crippen LogP contribution is 2.20. The average Bonchev–Trinajstić information content (AvgIpc) is 3.29. The largest absolute Gasteiger partial charge is 0.370 e. The number of thiazole rings is 2. The van der Waals surface area contributed by atoms with Gasteiger partial charge < -0.3 is 14.5 Å². The maximum Gasteiger partial charge on any atom is 0.242 e. The van der Waals surface area contributed by atoms with Crippen LogP contribution in [0.5, 0.6) is 0 Å². The number of ether oxygens (including phenoxy) is 1. The molecule has 33 heavy (non-hydrogen) atoms. The molecular formula is C23H27N5O3S2. The van der Waals surface area contributed by atoms with Crippen LogP contribution in [0.4, 0.5) is 0 Å². The summed E-state index contributed by atoms with van der Waals surface area (Å²) in [6.45, 7) is 7.40. The zero-order valence-corrected chi connectivity index (χ0v) is 20.6. The lowest BCUT2D eigenvalue weighted by Crippen LogP contribution is -2.40. The van der Waals surface area contributed by atoms with Gasteiger partial charge in [0, 0.05) is 35.7 Å². The fourth-order valence-electron chi connectivity index (χ4n) is 3.78.